The topological polar surface area (TPSA) is 58.6 Å². The average Bonchev–Trinajstić information content (AvgIpc) is 2.99. The molecule has 1 aromatic carbocycles. The monoisotopic (exact) mass is 305 g/mol. The number of nitrogens with one attached hydrogen (secondary N) is 1. The SMILES string of the molecule is CCCC(CCC)C(=O)NCC(O)c1ccc2c(c1)CCO2. The molecule has 0 saturated carbocycles. The Morgan fingerprint density at radius 1 is 1.32 bits per heavy atom. The minimum absolute atomic E-state index is 0.0623. The summed E-state index contributed by atoms with van der Waals surface area (Å²) >= 11 is 0. The highest BCUT2D eigenvalue weighted by molar-refractivity contribution is 5.78. The number of carbonyl (C=O) groups excluding carboxylic acids is 1. The molecule has 22 heavy (non-hydrogen) atoms. The number of hydrogen-bond donors (Lipinski definition) is 2. The molecule has 4 heteroatoms. The van der Waals surface area contributed by atoms with E-state index in [0.717, 1.165) is 49.0 Å². The van der Waals surface area contributed by atoms with Crippen LogP contribution >= 0.6 is 0 Å². The summed E-state index contributed by atoms with van der Waals surface area (Å²) in [5, 5.41) is 13.2. The molecule has 1 aliphatic rings. The molecule has 0 aromatic heterocycles. The number of benzene rings is 1. The summed E-state index contributed by atoms with van der Waals surface area (Å²) in [7, 11) is 0. The van der Waals surface area contributed by atoms with Crippen LogP contribution in [-0.2, 0) is 11.2 Å². The normalized spacial score (nSPS) is 14.5. The average molecular weight is 305 g/mol. The fourth-order valence-corrected chi connectivity index (χ4v) is 2.98. The maximum atomic E-state index is 12.2. The van der Waals surface area contributed by atoms with E-state index < -0.39 is 6.10 Å². The standard InChI is InChI=1S/C18H27NO3/c1-3-5-13(6-4-2)18(21)19-12-16(20)14-7-8-17-15(11-14)9-10-22-17/h7-8,11,13,16,20H,3-6,9-10,12H2,1-2H3,(H,19,21). The van der Waals surface area contributed by atoms with Crippen molar-refractivity contribution in [2.75, 3.05) is 13.2 Å². The second-order valence-electron chi connectivity index (χ2n) is 6.00. The molecule has 1 unspecified atom stereocenters. The van der Waals surface area contributed by atoms with Crippen LogP contribution in [0.1, 0.15) is 56.8 Å². The van der Waals surface area contributed by atoms with Crippen molar-refractivity contribution in [1.82, 2.24) is 5.32 Å². The summed E-state index contributed by atoms with van der Waals surface area (Å²) in [6.07, 6.45) is 4.05. The third-order valence-corrected chi connectivity index (χ3v) is 4.21. The first kappa shape index (κ1) is 16.8. The van der Waals surface area contributed by atoms with E-state index in [1.165, 1.54) is 0 Å². The number of fused-ring (bicyclic) bond motifs is 1. The smallest absolute Gasteiger partial charge is 0.223 e. The largest absolute Gasteiger partial charge is 0.493 e. The first-order valence-electron chi connectivity index (χ1n) is 8.37. The van der Waals surface area contributed by atoms with Gasteiger partial charge in [-0.3, -0.25) is 4.79 Å². The van der Waals surface area contributed by atoms with E-state index >= 15 is 0 Å². The Morgan fingerprint density at radius 3 is 2.73 bits per heavy atom. The van der Waals surface area contributed by atoms with Gasteiger partial charge in [0.2, 0.25) is 5.91 Å². The third kappa shape index (κ3) is 4.23. The molecular formula is C18H27NO3. The molecule has 2 N–H and O–H groups in total. The molecule has 1 amide bonds. The fraction of sp³-hybridized carbons (Fsp3) is 0.611. The Morgan fingerprint density at radius 2 is 2.05 bits per heavy atom. The summed E-state index contributed by atoms with van der Waals surface area (Å²) < 4.78 is 5.47. The van der Waals surface area contributed by atoms with E-state index in [9.17, 15) is 9.90 Å². The lowest BCUT2D eigenvalue weighted by molar-refractivity contribution is -0.125. The quantitative estimate of drug-likeness (QED) is 0.776. The first-order valence-corrected chi connectivity index (χ1v) is 8.37. The lowest BCUT2D eigenvalue weighted by Gasteiger charge is -2.18. The molecule has 1 heterocycles. The van der Waals surface area contributed by atoms with Crippen molar-refractivity contribution in [3.05, 3.63) is 29.3 Å². The van der Waals surface area contributed by atoms with Crippen LogP contribution in [-0.4, -0.2) is 24.2 Å². The molecule has 0 saturated heterocycles. The second-order valence-corrected chi connectivity index (χ2v) is 6.00. The van der Waals surface area contributed by atoms with E-state index in [0.29, 0.717) is 6.61 Å². The van der Waals surface area contributed by atoms with Gasteiger partial charge in [-0.2, -0.15) is 0 Å². The van der Waals surface area contributed by atoms with E-state index in [1.54, 1.807) is 0 Å². The van der Waals surface area contributed by atoms with Gasteiger partial charge in [0.05, 0.1) is 12.7 Å². The summed E-state index contributed by atoms with van der Waals surface area (Å²) in [5.41, 5.74) is 1.98. The van der Waals surface area contributed by atoms with Gasteiger partial charge in [-0.05, 0) is 36.1 Å². The highest BCUT2D eigenvalue weighted by atomic mass is 16.5. The predicted molar refractivity (Wildman–Crippen MR) is 86.9 cm³/mol. The molecule has 1 aliphatic heterocycles. The van der Waals surface area contributed by atoms with Crippen molar-refractivity contribution >= 4 is 5.91 Å². The van der Waals surface area contributed by atoms with Crippen molar-refractivity contribution in [2.45, 2.75) is 52.1 Å². The van der Waals surface area contributed by atoms with Gasteiger partial charge in [-0.25, -0.2) is 0 Å². The minimum atomic E-state index is -0.668. The van der Waals surface area contributed by atoms with E-state index in [2.05, 4.69) is 19.2 Å². The maximum Gasteiger partial charge on any atom is 0.223 e. The lowest BCUT2D eigenvalue weighted by Crippen LogP contribution is -2.33. The highest BCUT2D eigenvalue weighted by Gasteiger charge is 2.19. The summed E-state index contributed by atoms with van der Waals surface area (Å²) in [6, 6.07) is 5.75. The van der Waals surface area contributed by atoms with Gasteiger partial charge in [-0.1, -0.05) is 32.8 Å². The molecule has 4 nitrogen and oxygen atoms in total. The zero-order valence-electron chi connectivity index (χ0n) is 13.6. The van der Waals surface area contributed by atoms with Gasteiger partial charge < -0.3 is 15.2 Å². The maximum absolute atomic E-state index is 12.2. The van der Waals surface area contributed by atoms with Crippen LogP contribution in [0, 0.1) is 5.92 Å². The Hall–Kier alpha value is -1.55. The Bertz CT molecular complexity index is 495. The lowest BCUT2D eigenvalue weighted by atomic mass is 9.97. The molecule has 0 aliphatic carbocycles. The first-order chi connectivity index (χ1) is 10.7. The van der Waals surface area contributed by atoms with Crippen LogP contribution in [0.5, 0.6) is 5.75 Å². The molecule has 0 radical (unpaired) electrons. The Balaban J connectivity index is 1.88. The number of ether oxygens (including phenoxy) is 1. The van der Waals surface area contributed by atoms with Crippen LogP contribution in [0.25, 0.3) is 0 Å². The van der Waals surface area contributed by atoms with Crippen LogP contribution < -0.4 is 10.1 Å². The van der Waals surface area contributed by atoms with Gasteiger partial charge in [0.1, 0.15) is 5.75 Å². The highest BCUT2D eigenvalue weighted by Crippen LogP contribution is 2.28. The van der Waals surface area contributed by atoms with E-state index in [1.807, 2.05) is 18.2 Å². The molecule has 0 spiro atoms. The van der Waals surface area contributed by atoms with Gasteiger partial charge in [0.15, 0.2) is 0 Å². The van der Waals surface area contributed by atoms with Gasteiger partial charge in [-0.15, -0.1) is 0 Å². The Labute approximate surface area is 132 Å². The van der Waals surface area contributed by atoms with Crippen molar-refractivity contribution < 1.29 is 14.6 Å². The van der Waals surface area contributed by atoms with Crippen molar-refractivity contribution in [2.24, 2.45) is 5.92 Å². The van der Waals surface area contributed by atoms with Crippen LogP contribution in [0.15, 0.2) is 18.2 Å². The molecule has 0 bridgehead atoms. The number of carbonyl (C=O) groups is 1. The molecule has 1 atom stereocenters. The summed E-state index contributed by atoms with van der Waals surface area (Å²) in [6.45, 7) is 5.17. The zero-order chi connectivity index (χ0) is 15.9. The molecule has 0 fully saturated rings. The zero-order valence-corrected chi connectivity index (χ0v) is 13.6. The number of aliphatic hydroxyl groups excluding tert-OH is 1. The van der Waals surface area contributed by atoms with Gasteiger partial charge in [0, 0.05) is 18.9 Å². The third-order valence-electron chi connectivity index (χ3n) is 4.21. The summed E-state index contributed by atoms with van der Waals surface area (Å²) in [4.78, 5) is 12.2. The summed E-state index contributed by atoms with van der Waals surface area (Å²) in [5.74, 6) is 1.04. The van der Waals surface area contributed by atoms with Crippen molar-refractivity contribution in [3.63, 3.8) is 0 Å². The molecule has 1 aromatic rings. The fourth-order valence-electron chi connectivity index (χ4n) is 2.98. The van der Waals surface area contributed by atoms with Crippen LogP contribution in [0.3, 0.4) is 0 Å². The van der Waals surface area contributed by atoms with Crippen LogP contribution in [0.4, 0.5) is 0 Å². The van der Waals surface area contributed by atoms with Crippen LogP contribution in [0.2, 0.25) is 0 Å². The number of amides is 1. The van der Waals surface area contributed by atoms with Crippen molar-refractivity contribution in [1.29, 1.82) is 0 Å². The number of aliphatic hydroxyl groups is 1. The molecular weight excluding hydrogens is 278 g/mol. The minimum Gasteiger partial charge on any atom is -0.493 e. The predicted octanol–water partition coefficient (Wildman–Crippen LogP) is 2.99. The van der Waals surface area contributed by atoms with E-state index in [4.69, 9.17) is 4.74 Å². The molecule has 122 valence electrons. The number of hydrogen-bond acceptors (Lipinski definition) is 3. The van der Waals surface area contributed by atoms with E-state index in [-0.39, 0.29) is 18.4 Å². The van der Waals surface area contributed by atoms with Gasteiger partial charge in [0.25, 0.3) is 0 Å². The second kappa shape index (κ2) is 8.18. The molecule has 2 rings (SSSR count). The van der Waals surface area contributed by atoms with Gasteiger partial charge >= 0.3 is 0 Å². The number of rotatable bonds is 8. The Kier molecular flexibility index (Phi) is 6.25. The van der Waals surface area contributed by atoms with Crippen molar-refractivity contribution in [3.8, 4) is 5.75 Å².